The van der Waals surface area contributed by atoms with Crippen molar-refractivity contribution < 1.29 is 14.7 Å². The minimum atomic E-state index is -0.980. The molecule has 0 aliphatic carbocycles. The van der Waals surface area contributed by atoms with Crippen molar-refractivity contribution in [1.29, 1.82) is 0 Å². The lowest BCUT2D eigenvalue weighted by molar-refractivity contribution is -0.137. The van der Waals surface area contributed by atoms with E-state index in [1.54, 1.807) is 0 Å². The zero-order valence-corrected chi connectivity index (χ0v) is 12.0. The minimum absolute atomic E-state index is 0.158. The van der Waals surface area contributed by atoms with Crippen LogP contribution >= 0.6 is 0 Å². The summed E-state index contributed by atoms with van der Waals surface area (Å²) in [5.74, 6) is -1.14. The van der Waals surface area contributed by atoms with Crippen LogP contribution in [-0.2, 0) is 22.6 Å². The van der Waals surface area contributed by atoms with E-state index in [9.17, 15) is 9.59 Å². The Morgan fingerprint density at radius 2 is 1.90 bits per heavy atom. The molecule has 0 saturated heterocycles. The van der Waals surface area contributed by atoms with E-state index in [1.165, 1.54) is 17.1 Å². The first-order valence-electron chi connectivity index (χ1n) is 6.53. The zero-order chi connectivity index (χ0) is 15.4. The lowest BCUT2D eigenvalue weighted by Gasteiger charge is -2.05. The topological polar surface area (TPSA) is 84.2 Å². The molecule has 2 N–H and O–H groups in total. The molecule has 1 aromatic carbocycles. The van der Waals surface area contributed by atoms with E-state index >= 15 is 0 Å². The fourth-order valence-corrected chi connectivity index (χ4v) is 2.21. The first kappa shape index (κ1) is 14.8. The van der Waals surface area contributed by atoms with E-state index in [1.807, 2.05) is 26.0 Å². The van der Waals surface area contributed by atoms with Crippen molar-refractivity contribution in [3.05, 3.63) is 47.3 Å². The Bertz CT molecular complexity index is 656. The molecule has 0 unspecified atom stereocenters. The highest BCUT2D eigenvalue weighted by Crippen LogP contribution is 2.11. The number of aryl methyl sites for hydroxylation is 2. The summed E-state index contributed by atoms with van der Waals surface area (Å²) in [5, 5.41) is 15.2. The first-order chi connectivity index (χ1) is 9.92. The van der Waals surface area contributed by atoms with Gasteiger partial charge in [0.1, 0.15) is 6.54 Å². The zero-order valence-electron chi connectivity index (χ0n) is 12.0. The Labute approximate surface area is 122 Å². The molecule has 0 aliphatic rings. The molecule has 0 atom stereocenters. The van der Waals surface area contributed by atoms with Crippen LogP contribution in [0.2, 0.25) is 0 Å². The Balaban J connectivity index is 1.98. The van der Waals surface area contributed by atoms with Gasteiger partial charge in [0.2, 0.25) is 5.91 Å². The van der Waals surface area contributed by atoms with Crippen LogP contribution in [0.1, 0.15) is 16.7 Å². The Morgan fingerprint density at radius 3 is 2.52 bits per heavy atom. The molecule has 1 amide bonds. The van der Waals surface area contributed by atoms with Crippen molar-refractivity contribution in [1.82, 2.24) is 9.78 Å². The predicted octanol–water partition coefficient (Wildman–Crippen LogP) is 1.77. The number of carboxylic acid groups (broad SMARTS) is 1. The predicted molar refractivity (Wildman–Crippen MR) is 78.1 cm³/mol. The normalized spacial score (nSPS) is 10.4. The average Bonchev–Trinajstić information content (AvgIpc) is 2.73. The molecular formula is C15H17N3O3. The molecule has 2 rings (SSSR count). The number of aromatic nitrogens is 2. The fraction of sp³-hybridized carbons (Fsp3) is 0.267. The largest absolute Gasteiger partial charge is 0.480 e. The van der Waals surface area contributed by atoms with Crippen LogP contribution in [0.15, 0.2) is 30.6 Å². The molecule has 21 heavy (non-hydrogen) atoms. The molecule has 2 aromatic rings. The number of carboxylic acids is 1. The van der Waals surface area contributed by atoms with Gasteiger partial charge in [-0.1, -0.05) is 29.3 Å². The van der Waals surface area contributed by atoms with Crippen LogP contribution in [0.4, 0.5) is 5.69 Å². The van der Waals surface area contributed by atoms with Gasteiger partial charge in [0, 0.05) is 6.20 Å². The Hall–Kier alpha value is -2.63. The first-order valence-corrected chi connectivity index (χ1v) is 6.53. The van der Waals surface area contributed by atoms with Crippen LogP contribution in [0.3, 0.4) is 0 Å². The maximum Gasteiger partial charge on any atom is 0.325 e. The molecule has 0 aliphatic heterocycles. The molecule has 0 fully saturated rings. The number of aliphatic carboxylic acids is 1. The molecule has 0 radical (unpaired) electrons. The molecule has 6 heteroatoms. The van der Waals surface area contributed by atoms with Gasteiger partial charge < -0.3 is 10.4 Å². The Morgan fingerprint density at radius 1 is 1.24 bits per heavy atom. The second-order valence-electron chi connectivity index (χ2n) is 5.04. The van der Waals surface area contributed by atoms with Gasteiger partial charge in [-0.15, -0.1) is 0 Å². The van der Waals surface area contributed by atoms with Gasteiger partial charge in [-0.25, -0.2) is 0 Å². The van der Waals surface area contributed by atoms with Crippen molar-refractivity contribution in [3.8, 4) is 0 Å². The number of carbonyl (C=O) groups excluding carboxylic acids is 1. The van der Waals surface area contributed by atoms with Gasteiger partial charge in [0.05, 0.1) is 18.3 Å². The van der Waals surface area contributed by atoms with E-state index in [0.29, 0.717) is 5.69 Å². The third kappa shape index (κ3) is 4.45. The highest BCUT2D eigenvalue weighted by molar-refractivity contribution is 5.92. The second-order valence-corrected chi connectivity index (χ2v) is 5.04. The van der Waals surface area contributed by atoms with E-state index < -0.39 is 5.97 Å². The van der Waals surface area contributed by atoms with E-state index in [2.05, 4.69) is 16.5 Å². The standard InChI is InChI=1S/C15H17N3O3/c1-10-3-11(2)5-12(4-10)6-14(19)17-13-7-16-18(8-13)9-15(20)21/h3-5,7-8H,6,9H2,1-2H3,(H,17,19)(H,20,21). The summed E-state index contributed by atoms with van der Waals surface area (Å²) >= 11 is 0. The molecule has 0 spiro atoms. The number of rotatable bonds is 5. The van der Waals surface area contributed by atoms with Gasteiger partial charge in [-0.2, -0.15) is 5.10 Å². The van der Waals surface area contributed by atoms with Gasteiger partial charge in [0.15, 0.2) is 0 Å². The molecule has 1 heterocycles. The minimum Gasteiger partial charge on any atom is -0.480 e. The maximum atomic E-state index is 12.0. The summed E-state index contributed by atoms with van der Waals surface area (Å²) < 4.78 is 1.26. The summed E-state index contributed by atoms with van der Waals surface area (Å²) in [6, 6.07) is 6.00. The quantitative estimate of drug-likeness (QED) is 0.877. The lowest BCUT2D eigenvalue weighted by Crippen LogP contribution is -2.14. The van der Waals surface area contributed by atoms with E-state index in [0.717, 1.165) is 16.7 Å². The number of hydrogen-bond donors (Lipinski definition) is 2. The van der Waals surface area contributed by atoms with Crippen molar-refractivity contribution in [2.24, 2.45) is 0 Å². The number of nitrogens with one attached hydrogen (secondary N) is 1. The number of nitrogens with zero attached hydrogens (tertiary/aromatic N) is 2. The fourth-order valence-electron chi connectivity index (χ4n) is 2.21. The Kier molecular flexibility index (Phi) is 4.37. The number of amides is 1. The summed E-state index contributed by atoms with van der Waals surface area (Å²) in [6.45, 7) is 3.75. The molecule has 1 aromatic heterocycles. The number of anilines is 1. The van der Waals surface area contributed by atoms with Crippen molar-refractivity contribution >= 4 is 17.6 Å². The highest BCUT2D eigenvalue weighted by Gasteiger charge is 2.08. The second kappa shape index (κ2) is 6.21. The van der Waals surface area contributed by atoms with Gasteiger partial charge in [0.25, 0.3) is 0 Å². The number of carbonyl (C=O) groups is 2. The van der Waals surface area contributed by atoms with Gasteiger partial charge >= 0.3 is 5.97 Å². The SMILES string of the molecule is Cc1cc(C)cc(CC(=O)Nc2cnn(CC(=O)O)c2)c1. The smallest absolute Gasteiger partial charge is 0.325 e. The maximum absolute atomic E-state index is 12.0. The number of hydrogen-bond acceptors (Lipinski definition) is 3. The third-order valence-electron chi connectivity index (χ3n) is 2.86. The third-order valence-corrected chi connectivity index (χ3v) is 2.86. The molecule has 0 saturated carbocycles. The summed E-state index contributed by atoms with van der Waals surface area (Å²) in [5.41, 5.74) is 3.67. The summed E-state index contributed by atoms with van der Waals surface area (Å²) in [6.07, 6.45) is 3.20. The van der Waals surface area contributed by atoms with Crippen LogP contribution in [0, 0.1) is 13.8 Å². The number of benzene rings is 1. The van der Waals surface area contributed by atoms with Crippen LogP contribution in [-0.4, -0.2) is 26.8 Å². The van der Waals surface area contributed by atoms with E-state index in [-0.39, 0.29) is 18.9 Å². The average molecular weight is 287 g/mol. The van der Waals surface area contributed by atoms with Crippen molar-refractivity contribution in [2.45, 2.75) is 26.8 Å². The molecule has 6 nitrogen and oxygen atoms in total. The van der Waals surface area contributed by atoms with Gasteiger partial charge in [-0.05, 0) is 19.4 Å². The highest BCUT2D eigenvalue weighted by atomic mass is 16.4. The molecular weight excluding hydrogens is 270 g/mol. The summed E-state index contributed by atoms with van der Waals surface area (Å²) in [4.78, 5) is 22.5. The molecule has 0 bridgehead atoms. The van der Waals surface area contributed by atoms with E-state index in [4.69, 9.17) is 5.11 Å². The summed E-state index contributed by atoms with van der Waals surface area (Å²) in [7, 11) is 0. The van der Waals surface area contributed by atoms with Crippen LogP contribution < -0.4 is 5.32 Å². The lowest BCUT2D eigenvalue weighted by atomic mass is 10.0. The van der Waals surface area contributed by atoms with Gasteiger partial charge in [-0.3, -0.25) is 14.3 Å². The van der Waals surface area contributed by atoms with Crippen LogP contribution in [0.25, 0.3) is 0 Å². The van der Waals surface area contributed by atoms with Crippen LogP contribution in [0.5, 0.6) is 0 Å². The van der Waals surface area contributed by atoms with Crippen molar-refractivity contribution in [3.63, 3.8) is 0 Å². The molecule has 110 valence electrons. The van der Waals surface area contributed by atoms with Crippen molar-refractivity contribution in [2.75, 3.05) is 5.32 Å². The monoisotopic (exact) mass is 287 g/mol.